The maximum atomic E-state index is 13.3. The molecule has 0 saturated carbocycles. The van der Waals surface area contributed by atoms with Crippen molar-refractivity contribution in [3.63, 3.8) is 0 Å². The molecule has 0 unspecified atom stereocenters. The number of nitrogens with one attached hydrogen (secondary N) is 1. The Kier molecular flexibility index (Phi) is 4.51. The van der Waals surface area contributed by atoms with Gasteiger partial charge in [-0.3, -0.25) is 10.1 Å². The molecule has 1 amide bonds. The van der Waals surface area contributed by atoms with Gasteiger partial charge in [0.1, 0.15) is 11.6 Å². The Morgan fingerprint density at radius 2 is 2.04 bits per heavy atom. The van der Waals surface area contributed by atoms with Crippen molar-refractivity contribution in [2.45, 2.75) is 6.92 Å². The lowest BCUT2D eigenvalue weighted by molar-refractivity contribution is 0.102. The molecule has 4 aromatic rings. The summed E-state index contributed by atoms with van der Waals surface area (Å²) in [6.45, 7) is 2.51. The fourth-order valence-corrected chi connectivity index (χ4v) is 3.25. The zero-order valence-electron chi connectivity index (χ0n) is 14.2. The van der Waals surface area contributed by atoms with E-state index >= 15 is 0 Å². The molecule has 9 heteroatoms. The molecule has 0 fully saturated rings. The molecule has 0 aliphatic heterocycles. The van der Waals surface area contributed by atoms with Gasteiger partial charge in [-0.1, -0.05) is 17.4 Å². The largest absolute Gasteiger partial charge is 0.494 e. The van der Waals surface area contributed by atoms with Gasteiger partial charge < -0.3 is 4.74 Å². The minimum atomic E-state index is -0.474. The van der Waals surface area contributed by atoms with Crippen molar-refractivity contribution in [1.29, 1.82) is 0 Å². The van der Waals surface area contributed by atoms with E-state index in [1.165, 1.54) is 35.6 Å². The average molecular weight is 383 g/mol. The SMILES string of the molecule is CCOc1ccc(-c2nnc3sc(NC(=O)c4cccc(F)c4)nn23)cc1. The first-order chi connectivity index (χ1) is 13.1. The normalized spacial score (nSPS) is 10.9. The van der Waals surface area contributed by atoms with Crippen molar-refractivity contribution in [2.75, 3.05) is 11.9 Å². The molecule has 27 heavy (non-hydrogen) atoms. The average Bonchev–Trinajstić information content (AvgIpc) is 3.23. The zero-order valence-corrected chi connectivity index (χ0v) is 15.0. The summed E-state index contributed by atoms with van der Waals surface area (Å²) in [6, 6.07) is 12.9. The van der Waals surface area contributed by atoms with Gasteiger partial charge in [-0.2, -0.15) is 4.52 Å². The Balaban J connectivity index is 1.59. The van der Waals surface area contributed by atoms with Gasteiger partial charge in [-0.15, -0.1) is 15.3 Å². The molecule has 0 radical (unpaired) electrons. The number of carbonyl (C=O) groups excluding carboxylic acids is 1. The highest BCUT2D eigenvalue weighted by molar-refractivity contribution is 7.20. The van der Waals surface area contributed by atoms with Gasteiger partial charge in [0.15, 0.2) is 5.82 Å². The van der Waals surface area contributed by atoms with Crippen LogP contribution < -0.4 is 10.1 Å². The lowest BCUT2D eigenvalue weighted by Crippen LogP contribution is -2.12. The molecule has 2 heterocycles. The number of nitrogens with zero attached hydrogens (tertiary/aromatic N) is 4. The van der Waals surface area contributed by atoms with Crippen LogP contribution in [0.25, 0.3) is 16.3 Å². The van der Waals surface area contributed by atoms with Crippen LogP contribution in [-0.4, -0.2) is 32.3 Å². The molecule has 2 aromatic carbocycles. The molecule has 4 rings (SSSR count). The van der Waals surface area contributed by atoms with E-state index in [0.29, 0.717) is 22.5 Å². The fraction of sp³-hybridized carbons (Fsp3) is 0.111. The van der Waals surface area contributed by atoms with Crippen LogP contribution in [0.15, 0.2) is 48.5 Å². The molecule has 0 spiro atoms. The monoisotopic (exact) mass is 383 g/mol. The second-order valence-electron chi connectivity index (χ2n) is 5.55. The summed E-state index contributed by atoms with van der Waals surface area (Å²) in [5.74, 6) is 0.402. The highest BCUT2D eigenvalue weighted by atomic mass is 32.1. The van der Waals surface area contributed by atoms with Gasteiger partial charge in [-0.25, -0.2) is 4.39 Å². The van der Waals surface area contributed by atoms with Crippen molar-refractivity contribution in [3.8, 4) is 17.1 Å². The summed E-state index contributed by atoms with van der Waals surface area (Å²) >= 11 is 1.18. The number of carbonyl (C=O) groups is 1. The van der Waals surface area contributed by atoms with E-state index in [0.717, 1.165) is 11.3 Å². The minimum absolute atomic E-state index is 0.215. The molecule has 0 bridgehead atoms. The Hall–Kier alpha value is -3.33. The third-order valence-corrected chi connectivity index (χ3v) is 4.54. The van der Waals surface area contributed by atoms with E-state index in [-0.39, 0.29) is 5.56 Å². The second-order valence-corrected chi connectivity index (χ2v) is 6.50. The highest BCUT2D eigenvalue weighted by Crippen LogP contribution is 2.25. The molecule has 136 valence electrons. The van der Waals surface area contributed by atoms with Crippen LogP contribution in [-0.2, 0) is 0 Å². The molecule has 0 atom stereocenters. The lowest BCUT2D eigenvalue weighted by Gasteiger charge is -2.03. The number of halogens is 1. The Bertz CT molecular complexity index is 1110. The molecule has 0 aliphatic carbocycles. The van der Waals surface area contributed by atoms with E-state index in [9.17, 15) is 9.18 Å². The summed E-state index contributed by atoms with van der Waals surface area (Å²) in [5, 5.41) is 15.6. The van der Waals surface area contributed by atoms with Gasteiger partial charge in [0, 0.05) is 11.1 Å². The molecule has 0 aliphatic rings. The van der Waals surface area contributed by atoms with Crippen LogP contribution >= 0.6 is 11.3 Å². The summed E-state index contributed by atoms with van der Waals surface area (Å²) in [6.07, 6.45) is 0. The van der Waals surface area contributed by atoms with E-state index in [1.54, 1.807) is 4.52 Å². The van der Waals surface area contributed by atoms with Crippen molar-refractivity contribution in [3.05, 3.63) is 59.9 Å². The molecular weight excluding hydrogens is 369 g/mol. The molecule has 2 aromatic heterocycles. The van der Waals surface area contributed by atoms with Crippen molar-refractivity contribution < 1.29 is 13.9 Å². The fourth-order valence-electron chi connectivity index (χ4n) is 2.51. The number of rotatable bonds is 5. The first-order valence-corrected chi connectivity index (χ1v) is 8.98. The lowest BCUT2D eigenvalue weighted by atomic mass is 10.2. The number of fused-ring (bicyclic) bond motifs is 1. The van der Waals surface area contributed by atoms with E-state index in [1.807, 2.05) is 31.2 Å². The number of ether oxygens (including phenoxy) is 1. The Labute approximate surface area is 157 Å². The van der Waals surface area contributed by atoms with Crippen molar-refractivity contribution in [1.82, 2.24) is 19.8 Å². The molecule has 1 N–H and O–H groups in total. The summed E-state index contributed by atoms with van der Waals surface area (Å²) in [5.41, 5.74) is 1.03. The smallest absolute Gasteiger partial charge is 0.257 e. The summed E-state index contributed by atoms with van der Waals surface area (Å²) in [7, 11) is 0. The Morgan fingerprint density at radius 1 is 1.22 bits per heavy atom. The topological polar surface area (TPSA) is 81.4 Å². The maximum absolute atomic E-state index is 13.3. The van der Waals surface area contributed by atoms with E-state index in [2.05, 4.69) is 20.6 Å². The number of benzene rings is 2. The molecule has 7 nitrogen and oxygen atoms in total. The zero-order chi connectivity index (χ0) is 18.8. The van der Waals surface area contributed by atoms with Gasteiger partial charge in [-0.05, 0) is 49.4 Å². The van der Waals surface area contributed by atoms with Crippen LogP contribution in [0.1, 0.15) is 17.3 Å². The number of hydrogen-bond acceptors (Lipinski definition) is 6. The first kappa shape index (κ1) is 17.1. The van der Waals surface area contributed by atoms with Crippen LogP contribution in [0.4, 0.5) is 9.52 Å². The third kappa shape index (κ3) is 3.49. The molecular formula is C18H14FN5O2S. The molecule has 0 saturated heterocycles. The predicted molar refractivity (Wildman–Crippen MR) is 99.6 cm³/mol. The minimum Gasteiger partial charge on any atom is -0.494 e. The van der Waals surface area contributed by atoms with Crippen LogP contribution in [0.5, 0.6) is 5.75 Å². The third-order valence-electron chi connectivity index (χ3n) is 3.72. The van der Waals surface area contributed by atoms with E-state index in [4.69, 9.17) is 4.74 Å². The van der Waals surface area contributed by atoms with Gasteiger partial charge in [0.25, 0.3) is 5.91 Å². The number of hydrogen-bond donors (Lipinski definition) is 1. The summed E-state index contributed by atoms with van der Waals surface area (Å²) in [4.78, 5) is 12.8. The number of aromatic nitrogens is 4. The van der Waals surface area contributed by atoms with E-state index < -0.39 is 11.7 Å². The second kappa shape index (κ2) is 7.12. The van der Waals surface area contributed by atoms with Gasteiger partial charge in [0.2, 0.25) is 10.1 Å². The standard InChI is InChI=1S/C18H14FN5O2S/c1-2-26-14-8-6-11(7-9-14)15-21-22-18-24(15)23-17(27-18)20-16(25)12-4-3-5-13(19)10-12/h3-10H,2H2,1H3,(H,20,23,25). The van der Waals surface area contributed by atoms with Gasteiger partial charge >= 0.3 is 0 Å². The number of amides is 1. The van der Waals surface area contributed by atoms with Crippen molar-refractivity contribution >= 4 is 27.3 Å². The maximum Gasteiger partial charge on any atom is 0.257 e. The van der Waals surface area contributed by atoms with Crippen molar-refractivity contribution in [2.24, 2.45) is 0 Å². The first-order valence-electron chi connectivity index (χ1n) is 8.16. The van der Waals surface area contributed by atoms with Crippen LogP contribution in [0, 0.1) is 5.82 Å². The van der Waals surface area contributed by atoms with Gasteiger partial charge in [0.05, 0.1) is 6.61 Å². The highest BCUT2D eigenvalue weighted by Gasteiger charge is 2.16. The number of anilines is 1. The Morgan fingerprint density at radius 3 is 2.78 bits per heavy atom. The summed E-state index contributed by atoms with van der Waals surface area (Å²) < 4.78 is 20.3. The predicted octanol–water partition coefficient (Wildman–Crippen LogP) is 3.64. The van der Waals surface area contributed by atoms with Crippen LogP contribution in [0.3, 0.4) is 0 Å². The van der Waals surface area contributed by atoms with Crippen LogP contribution in [0.2, 0.25) is 0 Å². The quantitative estimate of drug-likeness (QED) is 0.569.